The third-order valence-corrected chi connectivity index (χ3v) is 6.76. The summed E-state index contributed by atoms with van der Waals surface area (Å²) in [5.41, 5.74) is 3.18. The quantitative estimate of drug-likeness (QED) is 0.454. The number of aromatic nitrogens is 4. The first-order valence-corrected chi connectivity index (χ1v) is 10.7. The second-order valence-corrected chi connectivity index (χ2v) is 8.43. The van der Waals surface area contributed by atoms with Crippen LogP contribution in [0.4, 0.5) is 5.82 Å². The van der Waals surface area contributed by atoms with E-state index < -0.39 is 5.41 Å². The van der Waals surface area contributed by atoms with Crippen molar-refractivity contribution in [2.45, 2.75) is 18.3 Å². The van der Waals surface area contributed by atoms with Crippen LogP contribution in [0.1, 0.15) is 18.4 Å². The van der Waals surface area contributed by atoms with Gasteiger partial charge in [0.2, 0.25) is 0 Å². The molecular formula is C23H18Cl2N6. The Morgan fingerprint density at radius 2 is 1.81 bits per heavy atom. The van der Waals surface area contributed by atoms with Crippen LogP contribution in [-0.2, 0) is 5.41 Å². The van der Waals surface area contributed by atoms with Crippen LogP contribution in [0, 0.1) is 11.3 Å². The zero-order valence-electron chi connectivity index (χ0n) is 16.5. The van der Waals surface area contributed by atoms with Gasteiger partial charge in [0.05, 0.1) is 27.7 Å². The summed E-state index contributed by atoms with van der Waals surface area (Å²) in [6.07, 6.45) is 3.22. The summed E-state index contributed by atoms with van der Waals surface area (Å²) >= 11 is 12.5. The Labute approximate surface area is 189 Å². The predicted molar refractivity (Wildman–Crippen MR) is 122 cm³/mol. The van der Waals surface area contributed by atoms with Crippen LogP contribution in [-0.4, -0.2) is 33.3 Å². The molecule has 0 radical (unpaired) electrons. The van der Waals surface area contributed by atoms with E-state index in [0.29, 0.717) is 32.5 Å². The summed E-state index contributed by atoms with van der Waals surface area (Å²) in [6.45, 7) is 1.45. The first-order chi connectivity index (χ1) is 15.1. The highest BCUT2D eigenvalue weighted by atomic mass is 35.5. The molecule has 31 heavy (non-hydrogen) atoms. The van der Waals surface area contributed by atoms with E-state index in [0.717, 1.165) is 37.3 Å². The zero-order chi connectivity index (χ0) is 21.4. The molecule has 0 amide bonds. The van der Waals surface area contributed by atoms with Crippen LogP contribution in [0.15, 0.2) is 54.7 Å². The van der Waals surface area contributed by atoms with Gasteiger partial charge in [-0.15, -0.1) is 0 Å². The molecule has 2 aromatic heterocycles. The SMILES string of the molecule is N#CC1(c2ccccc2)CCN(c2cnc3c(-c4cccc(Cl)c4Cl)n[nH]c3n2)CC1. The Morgan fingerprint density at radius 3 is 2.55 bits per heavy atom. The fraction of sp³-hybridized carbons (Fsp3) is 0.217. The second kappa shape index (κ2) is 7.84. The lowest BCUT2D eigenvalue weighted by molar-refractivity contribution is 0.414. The number of hydrogen-bond acceptors (Lipinski definition) is 5. The molecule has 5 rings (SSSR count). The molecular weight excluding hydrogens is 431 g/mol. The monoisotopic (exact) mass is 448 g/mol. The first kappa shape index (κ1) is 19.8. The van der Waals surface area contributed by atoms with Crippen molar-refractivity contribution in [1.82, 2.24) is 20.2 Å². The maximum absolute atomic E-state index is 9.92. The van der Waals surface area contributed by atoms with Crippen molar-refractivity contribution in [3.63, 3.8) is 0 Å². The van der Waals surface area contributed by atoms with E-state index in [1.165, 1.54) is 0 Å². The molecule has 1 aliphatic heterocycles. The molecule has 0 saturated carbocycles. The van der Waals surface area contributed by atoms with Gasteiger partial charge < -0.3 is 4.90 Å². The van der Waals surface area contributed by atoms with Gasteiger partial charge in [-0.05, 0) is 24.5 Å². The van der Waals surface area contributed by atoms with Gasteiger partial charge in [0.1, 0.15) is 17.0 Å². The summed E-state index contributed by atoms with van der Waals surface area (Å²) < 4.78 is 0. The van der Waals surface area contributed by atoms with Crippen LogP contribution in [0.3, 0.4) is 0 Å². The van der Waals surface area contributed by atoms with Gasteiger partial charge in [-0.1, -0.05) is 65.7 Å². The van der Waals surface area contributed by atoms with E-state index >= 15 is 0 Å². The van der Waals surface area contributed by atoms with Gasteiger partial charge in [-0.2, -0.15) is 10.4 Å². The molecule has 3 heterocycles. The number of aromatic amines is 1. The smallest absolute Gasteiger partial charge is 0.177 e. The van der Waals surface area contributed by atoms with Crippen molar-refractivity contribution in [2.75, 3.05) is 18.0 Å². The van der Waals surface area contributed by atoms with Crippen LogP contribution in [0.25, 0.3) is 22.4 Å². The molecule has 154 valence electrons. The number of nitrogens with one attached hydrogen (secondary N) is 1. The van der Waals surface area contributed by atoms with Crippen molar-refractivity contribution in [3.8, 4) is 17.3 Å². The topological polar surface area (TPSA) is 81.5 Å². The first-order valence-electron chi connectivity index (χ1n) is 9.98. The lowest BCUT2D eigenvalue weighted by atomic mass is 9.74. The van der Waals surface area contributed by atoms with Crippen molar-refractivity contribution < 1.29 is 0 Å². The Bertz CT molecular complexity index is 1290. The Kier molecular flexibility index (Phi) is 5.01. The number of nitrogens with zero attached hydrogens (tertiary/aromatic N) is 5. The molecule has 8 heteroatoms. The third kappa shape index (κ3) is 3.40. The molecule has 0 spiro atoms. The predicted octanol–water partition coefficient (Wildman–Crippen LogP) is 5.39. The number of H-pyrrole nitrogens is 1. The molecule has 1 aliphatic rings. The molecule has 0 atom stereocenters. The second-order valence-electron chi connectivity index (χ2n) is 7.65. The van der Waals surface area contributed by atoms with Crippen LogP contribution in [0.5, 0.6) is 0 Å². The fourth-order valence-corrected chi connectivity index (χ4v) is 4.55. The maximum Gasteiger partial charge on any atom is 0.177 e. The Balaban J connectivity index is 1.41. The number of benzene rings is 2. The van der Waals surface area contributed by atoms with E-state index in [9.17, 15) is 5.26 Å². The Morgan fingerprint density at radius 1 is 1.03 bits per heavy atom. The molecule has 1 fully saturated rings. The average Bonchev–Trinajstić information content (AvgIpc) is 3.24. The highest BCUT2D eigenvalue weighted by Crippen LogP contribution is 2.37. The summed E-state index contributed by atoms with van der Waals surface area (Å²) in [4.78, 5) is 11.5. The van der Waals surface area contributed by atoms with Gasteiger partial charge in [0, 0.05) is 18.7 Å². The van der Waals surface area contributed by atoms with Gasteiger partial charge in [-0.25, -0.2) is 9.97 Å². The van der Waals surface area contributed by atoms with Crippen LogP contribution in [0.2, 0.25) is 10.0 Å². The van der Waals surface area contributed by atoms with E-state index in [2.05, 4.69) is 26.2 Å². The summed E-state index contributed by atoms with van der Waals surface area (Å²) in [6, 6.07) is 18.0. The van der Waals surface area contributed by atoms with Gasteiger partial charge in [-0.3, -0.25) is 5.10 Å². The van der Waals surface area contributed by atoms with Crippen LogP contribution >= 0.6 is 23.2 Å². The number of nitriles is 1. The number of fused-ring (bicyclic) bond motifs is 1. The maximum atomic E-state index is 9.92. The molecule has 2 aromatic carbocycles. The average molecular weight is 449 g/mol. The number of rotatable bonds is 3. The standard InChI is InChI=1S/C23H18Cl2N6/c24-17-8-4-7-16(19(17)25)20-21-22(30-29-20)28-18(13-27-21)31-11-9-23(14-26,10-12-31)15-5-2-1-3-6-15/h1-8,13H,9-12H2,(H,28,29,30). The number of halogens is 2. The number of anilines is 1. The third-order valence-electron chi connectivity index (χ3n) is 5.95. The largest absolute Gasteiger partial charge is 0.355 e. The summed E-state index contributed by atoms with van der Waals surface area (Å²) in [5.74, 6) is 0.763. The van der Waals surface area contributed by atoms with Crippen molar-refractivity contribution in [1.29, 1.82) is 5.26 Å². The van der Waals surface area contributed by atoms with E-state index in [1.54, 1.807) is 12.3 Å². The molecule has 1 N–H and O–H groups in total. The lowest BCUT2D eigenvalue weighted by Crippen LogP contribution is -2.42. The minimum atomic E-state index is -0.459. The van der Waals surface area contributed by atoms with Crippen molar-refractivity contribution in [3.05, 3.63) is 70.3 Å². The zero-order valence-corrected chi connectivity index (χ0v) is 18.0. The lowest BCUT2D eigenvalue weighted by Gasteiger charge is -2.38. The van der Waals surface area contributed by atoms with Crippen LogP contribution < -0.4 is 4.90 Å². The van der Waals surface area contributed by atoms with Gasteiger partial charge >= 0.3 is 0 Å². The highest BCUT2D eigenvalue weighted by Gasteiger charge is 2.36. The number of hydrogen-bond donors (Lipinski definition) is 1. The molecule has 1 saturated heterocycles. The van der Waals surface area contributed by atoms with E-state index in [-0.39, 0.29) is 0 Å². The van der Waals surface area contributed by atoms with E-state index in [4.69, 9.17) is 28.2 Å². The molecule has 4 aromatic rings. The van der Waals surface area contributed by atoms with Crippen molar-refractivity contribution >= 4 is 40.2 Å². The Hall–Kier alpha value is -3.14. The fourth-order valence-electron chi connectivity index (χ4n) is 4.16. The minimum absolute atomic E-state index is 0.438. The van der Waals surface area contributed by atoms with Gasteiger partial charge in [0.15, 0.2) is 5.65 Å². The minimum Gasteiger partial charge on any atom is -0.355 e. The molecule has 6 nitrogen and oxygen atoms in total. The highest BCUT2D eigenvalue weighted by molar-refractivity contribution is 6.43. The van der Waals surface area contributed by atoms with Crippen molar-refractivity contribution in [2.24, 2.45) is 0 Å². The van der Waals surface area contributed by atoms with Gasteiger partial charge in [0.25, 0.3) is 0 Å². The molecule has 0 unspecified atom stereocenters. The summed E-state index contributed by atoms with van der Waals surface area (Å²) in [5, 5.41) is 18.2. The molecule has 0 aliphatic carbocycles. The number of piperidine rings is 1. The summed E-state index contributed by atoms with van der Waals surface area (Å²) in [7, 11) is 0. The normalized spacial score (nSPS) is 15.7. The molecule has 0 bridgehead atoms. The van der Waals surface area contributed by atoms with E-state index in [1.807, 2.05) is 42.5 Å².